The molecule has 0 atom stereocenters. The fourth-order valence-corrected chi connectivity index (χ4v) is 2.80. The molecule has 4 heteroatoms. The van der Waals surface area contributed by atoms with Gasteiger partial charge < -0.3 is 9.15 Å². The molecule has 2 aromatic carbocycles. The molecule has 3 rings (SSSR count). The number of halogens is 1. The van der Waals surface area contributed by atoms with E-state index in [2.05, 4.69) is 0 Å². The molecule has 3 aromatic rings. The number of alkyl halides is 1. The first-order valence-corrected chi connectivity index (χ1v) is 8.00. The maximum atomic E-state index is 12.8. The number of benzene rings is 2. The van der Waals surface area contributed by atoms with E-state index in [1.807, 2.05) is 44.2 Å². The second kappa shape index (κ2) is 6.47. The number of ether oxygens (including phenoxy) is 1. The molecule has 0 saturated carbocycles. The van der Waals surface area contributed by atoms with Crippen molar-refractivity contribution in [3.8, 4) is 16.9 Å². The van der Waals surface area contributed by atoms with Gasteiger partial charge in [0.1, 0.15) is 17.6 Å². The van der Waals surface area contributed by atoms with Gasteiger partial charge in [-0.2, -0.15) is 0 Å². The van der Waals surface area contributed by atoms with Crippen LogP contribution in [0.25, 0.3) is 22.1 Å². The third-order valence-electron chi connectivity index (χ3n) is 3.58. The summed E-state index contributed by atoms with van der Waals surface area (Å²) >= 11 is 6.06. The van der Waals surface area contributed by atoms with Gasteiger partial charge in [-0.3, -0.25) is 4.79 Å². The van der Waals surface area contributed by atoms with Crippen LogP contribution >= 0.6 is 11.6 Å². The molecule has 1 aromatic heterocycles. The van der Waals surface area contributed by atoms with Gasteiger partial charge in [-0.05, 0) is 31.5 Å². The van der Waals surface area contributed by atoms with Crippen LogP contribution in [0.15, 0.2) is 57.9 Å². The van der Waals surface area contributed by atoms with E-state index in [1.165, 1.54) is 6.26 Å². The summed E-state index contributed by atoms with van der Waals surface area (Å²) in [5, 5.41) is 0.512. The predicted molar refractivity (Wildman–Crippen MR) is 93.2 cm³/mol. The maximum Gasteiger partial charge on any atom is 0.200 e. The summed E-state index contributed by atoms with van der Waals surface area (Å²) in [7, 11) is 0. The van der Waals surface area contributed by atoms with Gasteiger partial charge in [0.2, 0.25) is 5.43 Å². The van der Waals surface area contributed by atoms with Crippen molar-refractivity contribution in [3.05, 3.63) is 64.5 Å². The van der Waals surface area contributed by atoms with Crippen LogP contribution in [-0.2, 0) is 5.88 Å². The lowest BCUT2D eigenvalue weighted by Gasteiger charge is -2.14. The summed E-state index contributed by atoms with van der Waals surface area (Å²) in [6.45, 7) is 3.88. The van der Waals surface area contributed by atoms with Crippen LogP contribution < -0.4 is 10.2 Å². The minimum Gasteiger partial charge on any atom is -0.491 e. The van der Waals surface area contributed by atoms with Crippen molar-refractivity contribution >= 4 is 22.6 Å². The largest absolute Gasteiger partial charge is 0.491 e. The lowest BCUT2D eigenvalue weighted by Crippen LogP contribution is -2.09. The average molecular weight is 329 g/mol. The minimum absolute atomic E-state index is 0.0183. The summed E-state index contributed by atoms with van der Waals surface area (Å²) < 4.78 is 11.5. The zero-order chi connectivity index (χ0) is 16.4. The van der Waals surface area contributed by atoms with E-state index >= 15 is 0 Å². The van der Waals surface area contributed by atoms with E-state index in [-0.39, 0.29) is 17.4 Å². The Kier molecular flexibility index (Phi) is 4.39. The summed E-state index contributed by atoms with van der Waals surface area (Å²) in [6.07, 6.45) is 1.51. The molecular formula is C19H17ClO3. The molecule has 0 unspecified atom stereocenters. The van der Waals surface area contributed by atoms with Crippen LogP contribution in [-0.4, -0.2) is 6.10 Å². The van der Waals surface area contributed by atoms with Crippen molar-refractivity contribution < 1.29 is 9.15 Å². The van der Waals surface area contributed by atoms with Gasteiger partial charge in [0, 0.05) is 0 Å². The fourth-order valence-electron chi connectivity index (χ4n) is 2.55. The van der Waals surface area contributed by atoms with E-state index in [4.69, 9.17) is 20.8 Å². The Hall–Kier alpha value is -2.26. The van der Waals surface area contributed by atoms with E-state index in [0.29, 0.717) is 27.8 Å². The second-order valence-electron chi connectivity index (χ2n) is 5.56. The maximum absolute atomic E-state index is 12.8. The molecule has 0 N–H and O–H groups in total. The third-order valence-corrected chi connectivity index (χ3v) is 3.85. The molecule has 23 heavy (non-hydrogen) atoms. The predicted octanol–water partition coefficient (Wildman–Crippen LogP) is 4.99. The molecule has 0 aliphatic heterocycles. The summed E-state index contributed by atoms with van der Waals surface area (Å²) in [4.78, 5) is 12.8. The number of fused-ring (bicyclic) bond motifs is 1. The number of hydrogen-bond donors (Lipinski definition) is 0. The average Bonchev–Trinajstić information content (AvgIpc) is 2.55. The number of rotatable bonds is 4. The molecule has 1 heterocycles. The van der Waals surface area contributed by atoms with Crippen molar-refractivity contribution in [2.45, 2.75) is 25.8 Å². The zero-order valence-corrected chi connectivity index (χ0v) is 13.8. The summed E-state index contributed by atoms with van der Waals surface area (Å²) in [6, 6.07) is 13.0. The summed E-state index contributed by atoms with van der Waals surface area (Å²) in [5.74, 6) is 0.866. The normalized spacial score (nSPS) is 11.1. The molecule has 0 amide bonds. The Morgan fingerprint density at radius 3 is 2.52 bits per heavy atom. The first-order chi connectivity index (χ1) is 11.1. The Balaban J connectivity index is 2.22. The van der Waals surface area contributed by atoms with Crippen LogP contribution in [0.3, 0.4) is 0 Å². The van der Waals surface area contributed by atoms with Crippen LogP contribution in [0.2, 0.25) is 0 Å². The van der Waals surface area contributed by atoms with Crippen molar-refractivity contribution in [2.24, 2.45) is 0 Å². The highest BCUT2D eigenvalue weighted by molar-refractivity contribution is 6.18. The highest BCUT2D eigenvalue weighted by atomic mass is 35.5. The van der Waals surface area contributed by atoms with Gasteiger partial charge in [0.05, 0.1) is 28.5 Å². The third kappa shape index (κ3) is 2.97. The molecule has 118 valence electrons. The lowest BCUT2D eigenvalue weighted by atomic mass is 10.0. The SMILES string of the molecule is CC(C)Oc1ccc2c(=O)c(-c3ccccc3)coc2c1CCl. The standard InChI is InChI=1S/C19H17ClO3/c1-12(2)23-17-9-8-14-18(21)16(13-6-4-3-5-7-13)11-22-19(14)15(17)10-20/h3-9,11-12H,10H2,1-2H3. The molecule has 0 fully saturated rings. The van der Waals surface area contributed by atoms with Gasteiger partial charge in [-0.15, -0.1) is 11.6 Å². The van der Waals surface area contributed by atoms with Crippen molar-refractivity contribution in [2.75, 3.05) is 0 Å². The lowest BCUT2D eigenvalue weighted by molar-refractivity contribution is 0.240. The Labute approximate surface area is 139 Å². The zero-order valence-electron chi connectivity index (χ0n) is 13.0. The second-order valence-corrected chi connectivity index (χ2v) is 5.83. The molecular weight excluding hydrogens is 312 g/mol. The Bertz CT molecular complexity index is 882. The molecule has 0 saturated heterocycles. The van der Waals surface area contributed by atoms with Gasteiger partial charge in [-0.1, -0.05) is 30.3 Å². The van der Waals surface area contributed by atoms with Gasteiger partial charge in [0.15, 0.2) is 0 Å². The van der Waals surface area contributed by atoms with E-state index in [9.17, 15) is 4.79 Å². The smallest absolute Gasteiger partial charge is 0.200 e. The van der Waals surface area contributed by atoms with Crippen LogP contribution in [0.5, 0.6) is 5.75 Å². The summed E-state index contributed by atoms with van der Waals surface area (Å²) in [5.41, 5.74) is 2.49. The van der Waals surface area contributed by atoms with Gasteiger partial charge >= 0.3 is 0 Å². The topological polar surface area (TPSA) is 39.4 Å². The molecule has 0 aliphatic rings. The quantitative estimate of drug-likeness (QED) is 0.634. The van der Waals surface area contributed by atoms with Crippen LogP contribution in [0.4, 0.5) is 0 Å². The Morgan fingerprint density at radius 1 is 1.13 bits per heavy atom. The molecule has 0 aliphatic carbocycles. The van der Waals surface area contributed by atoms with E-state index < -0.39 is 0 Å². The van der Waals surface area contributed by atoms with Crippen LogP contribution in [0.1, 0.15) is 19.4 Å². The molecule has 0 radical (unpaired) electrons. The van der Waals surface area contributed by atoms with Crippen molar-refractivity contribution in [3.63, 3.8) is 0 Å². The highest BCUT2D eigenvalue weighted by Crippen LogP contribution is 2.30. The van der Waals surface area contributed by atoms with Crippen molar-refractivity contribution in [1.29, 1.82) is 0 Å². The van der Waals surface area contributed by atoms with E-state index in [0.717, 1.165) is 5.56 Å². The highest BCUT2D eigenvalue weighted by Gasteiger charge is 2.16. The van der Waals surface area contributed by atoms with Crippen molar-refractivity contribution in [1.82, 2.24) is 0 Å². The minimum atomic E-state index is -0.0695. The van der Waals surface area contributed by atoms with E-state index in [1.54, 1.807) is 12.1 Å². The molecule has 0 bridgehead atoms. The number of hydrogen-bond acceptors (Lipinski definition) is 3. The Morgan fingerprint density at radius 2 is 1.87 bits per heavy atom. The fraction of sp³-hybridized carbons (Fsp3) is 0.211. The van der Waals surface area contributed by atoms with Gasteiger partial charge in [0.25, 0.3) is 0 Å². The molecule has 0 spiro atoms. The molecule has 3 nitrogen and oxygen atoms in total. The van der Waals surface area contributed by atoms with Crippen LogP contribution in [0, 0.1) is 0 Å². The monoisotopic (exact) mass is 328 g/mol. The van der Waals surface area contributed by atoms with Gasteiger partial charge in [-0.25, -0.2) is 0 Å². The first-order valence-electron chi connectivity index (χ1n) is 7.47. The first kappa shape index (κ1) is 15.6.